The Labute approximate surface area is 261 Å². The van der Waals surface area contributed by atoms with Crippen molar-refractivity contribution < 1.29 is 52.4 Å². The summed E-state index contributed by atoms with van der Waals surface area (Å²) in [7, 11) is -3.93. The molecule has 2 aromatic carbocycles. The second kappa shape index (κ2) is 17.4. The molecule has 0 spiro atoms. The molecular weight excluding hydrogens is 772 g/mol. The molecule has 0 heterocycles. The van der Waals surface area contributed by atoms with E-state index in [1.165, 1.54) is 6.92 Å². The van der Waals surface area contributed by atoms with Crippen molar-refractivity contribution >= 4 is 74.3 Å². The number of nitrogens with zero attached hydrogens (tertiary/aromatic N) is 1. The van der Waals surface area contributed by atoms with Crippen molar-refractivity contribution in [2.24, 2.45) is 0 Å². The molecule has 0 unspecified atom stereocenters. The number of carbonyl (C=O) groups is 4. The molecule has 18 heteroatoms. The van der Waals surface area contributed by atoms with Crippen LogP contribution in [0.3, 0.4) is 0 Å². The summed E-state index contributed by atoms with van der Waals surface area (Å²) >= 11 is 0.831. The Kier molecular flexibility index (Phi) is 14.7. The number of amides is 3. The van der Waals surface area contributed by atoms with Crippen LogP contribution in [0.25, 0.3) is 0 Å². The zero-order valence-electron chi connectivity index (χ0n) is 22.9. The Morgan fingerprint density at radius 1 is 0.907 bits per heavy atom. The molecular formula is C25H30B2F3N4O8Po. The summed E-state index contributed by atoms with van der Waals surface area (Å²) in [4.78, 5) is 50.5. The Balaban J connectivity index is 2.14. The first-order valence-electron chi connectivity index (χ1n) is 13.0. The van der Waals surface area contributed by atoms with Crippen LogP contribution in [0.4, 0.5) is 13.2 Å². The molecule has 0 aliphatic carbocycles. The van der Waals surface area contributed by atoms with Gasteiger partial charge in [-0.05, 0) is 35.2 Å². The van der Waals surface area contributed by atoms with Crippen molar-refractivity contribution in [2.45, 2.75) is 38.3 Å². The van der Waals surface area contributed by atoms with Crippen molar-refractivity contribution in [3.8, 4) is 0 Å². The predicted molar refractivity (Wildman–Crippen MR) is 151 cm³/mol. The molecule has 2 rings (SSSR count). The third kappa shape index (κ3) is 11.0. The minimum atomic E-state index is -1.99. The van der Waals surface area contributed by atoms with Gasteiger partial charge in [0.15, 0.2) is 0 Å². The summed E-state index contributed by atoms with van der Waals surface area (Å²) < 4.78 is 44.6. The molecule has 231 valence electrons. The number of carbonyl (C=O) groups excluding carboxylic acids is 4. The first kappa shape index (κ1) is 36.3. The van der Waals surface area contributed by atoms with Crippen LogP contribution in [-0.2, 0) is 9.59 Å². The average Bonchev–Trinajstić information content (AvgIpc) is 2.95. The van der Waals surface area contributed by atoms with Gasteiger partial charge in [0.2, 0.25) is 0 Å². The van der Waals surface area contributed by atoms with E-state index in [1.54, 1.807) is 0 Å². The van der Waals surface area contributed by atoms with Crippen molar-refractivity contribution in [3.63, 3.8) is 0 Å². The smallest absolute Gasteiger partial charge is 0.423 e. The number of unbranched alkanes of at least 4 members (excludes halogenated alkanes) is 1. The van der Waals surface area contributed by atoms with Gasteiger partial charge in [-0.25, -0.2) is 8.78 Å². The van der Waals surface area contributed by atoms with Gasteiger partial charge in [-0.2, -0.15) is 0 Å². The Morgan fingerprint density at radius 2 is 1.47 bits per heavy atom. The van der Waals surface area contributed by atoms with Crippen molar-refractivity contribution in [3.05, 3.63) is 59.2 Å². The molecule has 12 nitrogen and oxygen atoms in total. The second-order valence-corrected chi connectivity index (χ2v) is 10.5. The fraction of sp³-hybridized carbons (Fsp3) is 0.360. The van der Waals surface area contributed by atoms with Gasteiger partial charge in [0.25, 0.3) is 5.91 Å². The SMILES string of the molecule is C[C@H](CNC(=O)c1ccc(B(O)O)cc1F)N(CC(=O)NCCCC[C@H]([NH][Po])C(=O)F)C(=O)c1ccc(B(O)O)cc1F. The topological polar surface area (TPSA) is 189 Å². The first-order valence-corrected chi connectivity index (χ1v) is 14.6. The number of halogens is 3. The zero-order valence-corrected chi connectivity index (χ0v) is 26.1. The summed E-state index contributed by atoms with van der Waals surface area (Å²) in [6.45, 7) is 0.694. The van der Waals surface area contributed by atoms with E-state index in [-0.39, 0.29) is 30.4 Å². The molecule has 3 amide bonds. The van der Waals surface area contributed by atoms with E-state index < -0.39 is 79.4 Å². The summed E-state index contributed by atoms with van der Waals surface area (Å²) in [5.74, 6) is -4.62. The quantitative estimate of drug-likeness (QED) is 0.0544. The van der Waals surface area contributed by atoms with Crippen molar-refractivity contribution in [2.75, 3.05) is 19.6 Å². The Bertz CT molecular complexity index is 1310. The van der Waals surface area contributed by atoms with Gasteiger partial charge in [0.1, 0.15) is 11.6 Å². The predicted octanol–water partition coefficient (Wildman–Crippen LogP) is -2.59. The van der Waals surface area contributed by atoms with Gasteiger partial charge in [-0.1, -0.05) is 12.1 Å². The van der Waals surface area contributed by atoms with Crippen LogP contribution < -0.4 is 24.8 Å². The molecule has 0 aromatic heterocycles. The van der Waals surface area contributed by atoms with Crippen LogP contribution in [0, 0.1) is 11.6 Å². The Morgan fingerprint density at radius 3 is 1.95 bits per heavy atom. The number of nitrogens with one attached hydrogen (secondary N) is 3. The van der Waals surface area contributed by atoms with Crippen LogP contribution >= 0.6 is 0 Å². The molecule has 0 aliphatic heterocycles. The normalized spacial score (nSPS) is 12.2. The minimum Gasteiger partial charge on any atom is -0.423 e. The number of rotatable bonds is 16. The summed E-state index contributed by atoms with van der Waals surface area (Å²) in [6.07, 6.45) is 1.02. The molecule has 7 N–H and O–H groups in total. The number of hydrogen-bond donors (Lipinski definition) is 7. The second-order valence-electron chi connectivity index (χ2n) is 9.54. The molecule has 0 fully saturated rings. The molecule has 43 heavy (non-hydrogen) atoms. The standard InChI is InChI=1S/C25H30B2F3N4O8.Po/c1-14(12-33-24(37)17-7-5-15(26(39)40)10-19(17)28)34(13-22(35)32-9-3-2-4-21(31)23(30)36)25(38)18-8-6-16(27(41)42)11-20(18)29;/h5-8,10-11,14,21,31,39-42H,2-4,9,12-13H2,1H3,(H,32,35)(H,33,37);/q-1;+1/t14-,21+;/m1./s1. The van der Waals surface area contributed by atoms with E-state index in [0.717, 1.165) is 66.7 Å². The maximum absolute atomic E-state index is 14.8. The summed E-state index contributed by atoms with van der Waals surface area (Å²) in [5.41, 5.74) is -1.30. The summed E-state index contributed by atoms with van der Waals surface area (Å²) in [5, 5.41) is 41.9. The number of hydrogen-bond acceptors (Lipinski definition) is 9. The van der Waals surface area contributed by atoms with Crippen LogP contribution in [0.15, 0.2) is 36.4 Å². The zero-order chi connectivity index (χ0) is 32.3. The maximum atomic E-state index is 14.8. The monoisotopic (exact) mass is 802 g/mol. The molecule has 0 bridgehead atoms. The molecule has 1 radical (unpaired) electrons. The van der Waals surface area contributed by atoms with Gasteiger partial charge in [-0.3, -0.25) is 4.79 Å². The van der Waals surface area contributed by atoms with Crippen LogP contribution in [0.1, 0.15) is 46.9 Å². The molecule has 2 aromatic rings. The average molecular weight is 802 g/mol. The first-order chi connectivity index (χ1) is 20.3. The molecule has 0 saturated carbocycles. The molecule has 2 atom stereocenters. The third-order valence-electron chi connectivity index (χ3n) is 6.38. The third-order valence-corrected chi connectivity index (χ3v) is 7.49. The fourth-order valence-electron chi connectivity index (χ4n) is 3.90. The van der Waals surface area contributed by atoms with Gasteiger partial charge in [0, 0.05) is 0 Å². The number of benzene rings is 2. The van der Waals surface area contributed by atoms with Crippen LogP contribution in [0.2, 0.25) is 0 Å². The van der Waals surface area contributed by atoms with Crippen molar-refractivity contribution in [1.29, 1.82) is 0 Å². The van der Waals surface area contributed by atoms with Gasteiger partial charge in [0.05, 0.1) is 5.56 Å². The van der Waals surface area contributed by atoms with E-state index in [9.17, 15) is 42.4 Å². The molecule has 0 saturated heterocycles. The Hall–Kier alpha value is -2.86. The van der Waals surface area contributed by atoms with E-state index in [2.05, 4.69) is 13.8 Å². The van der Waals surface area contributed by atoms with Crippen LogP contribution in [0.5, 0.6) is 0 Å². The van der Waals surface area contributed by atoms with Crippen LogP contribution in [-0.4, -0.2) is 120 Å². The van der Waals surface area contributed by atoms with E-state index >= 15 is 0 Å². The minimum absolute atomic E-state index is 0.130. The van der Waals surface area contributed by atoms with Crippen molar-refractivity contribution in [1.82, 2.24) is 18.7 Å². The van der Waals surface area contributed by atoms with E-state index in [4.69, 9.17) is 10.0 Å². The van der Waals surface area contributed by atoms with E-state index in [1.807, 2.05) is 0 Å². The van der Waals surface area contributed by atoms with E-state index in [0.29, 0.717) is 12.8 Å². The van der Waals surface area contributed by atoms with Gasteiger partial charge >= 0.3 is 153 Å². The van der Waals surface area contributed by atoms with Gasteiger partial charge in [-0.15, -0.1) is 0 Å². The van der Waals surface area contributed by atoms with Gasteiger partial charge < -0.3 is 25.4 Å². The molecule has 0 aliphatic rings. The fourth-order valence-corrected chi connectivity index (χ4v) is 4.72. The summed E-state index contributed by atoms with van der Waals surface area (Å²) in [6, 6.07) is 2.48.